The van der Waals surface area contributed by atoms with Gasteiger partial charge in [-0.2, -0.15) is 13.2 Å². The van der Waals surface area contributed by atoms with Gasteiger partial charge < -0.3 is 10.5 Å². The van der Waals surface area contributed by atoms with E-state index in [4.69, 9.17) is 10.5 Å². The summed E-state index contributed by atoms with van der Waals surface area (Å²) < 4.78 is 43.1. The van der Waals surface area contributed by atoms with Crippen LogP contribution in [0.5, 0.6) is 5.75 Å². The van der Waals surface area contributed by atoms with E-state index in [2.05, 4.69) is 0 Å². The molecule has 0 aromatic heterocycles. The Kier molecular flexibility index (Phi) is 3.88. The van der Waals surface area contributed by atoms with Gasteiger partial charge in [0, 0.05) is 5.69 Å². The standard InChI is InChI=1S/C15H14F3NO/c1-20-13-5-6-14(19)11(9-13)7-10-3-2-4-12(8-10)15(16,17)18/h2-6,8-9H,7,19H2,1H3. The normalized spacial score (nSPS) is 11.4. The number of anilines is 1. The fourth-order valence-electron chi connectivity index (χ4n) is 1.94. The molecule has 0 heterocycles. The van der Waals surface area contributed by atoms with Gasteiger partial charge >= 0.3 is 6.18 Å². The summed E-state index contributed by atoms with van der Waals surface area (Å²) in [6.07, 6.45) is -4.01. The summed E-state index contributed by atoms with van der Waals surface area (Å²) in [7, 11) is 1.53. The molecule has 0 radical (unpaired) electrons. The first kappa shape index (κ1) is 14.2. The van der Waals surface area contributed by atoms with E-state index in [-0.39, 0.29) is 0 Å². The van der Waals surface area contributed by atoms with Crippen molar-refractivity contribution in [1.82, 2.24) is 0 Å². The Morgan fingerprint density at radius 1 is 1.10 bits per heavy atom. The molecule has 0 saturated heterocycles. The molecule has 0 spiro atoms. The highest BCUT2D eigenvalue weighted by atomic mass is 19.4. The van der Waals surface area contributed by atoms with E-state index in [9.17, 15) is 13.2 Å². The largest absolute Gasteiger partial charge is 0.497 e. The number of hydrogen-bond donors (Lipinski definition) is 1. The third kappa shape index (κ3) is 3.23. The van der Waals surface area contributed by atoms with Crippen molar-refractivity contribution in [3.63, 3.8) is 0 Å². The van der Waals surface area contributed by atoms with Gasteiger partial charge in [-0.25, -0.2) is 0 Å². The minimum Gasteiger partial charge on any atom is -0.497 e. The van der Waals surface area contributed by atoms with Crippen LogP contribution in [0, 0.1) is 0 Å². The summed E-state index contributed by atoms with van der Waals surface area (Å²) in [4.78, 5) is 0. The molecule has 0 fully saturated rings. The van der Waals surface area contributed by atoms with Gasteiger partial charge in [0.25, 0.3) is 0 Å². The van der Waals surface area contributed by atoms with Crippen molar-refractivity contribution in [1.29, 1.82) is 0 Å². The van der Waals surface area contributed by atoms with Crippen molar-refractivity contribution in [2.24, 2.45) is 0 Å². The average Bonchev–Trinajstić information content (AvgIpc) is 2.41. The van der Waals surface area contributed by atoms with Gasteiger partial charge in [0.05, 0.1) is 12.7 Å². The zero-order valence-electron chi connectivity index (χ0n) is 10.9. The lowest BCUT2D eigenvalue weighted by molar-refractivity contribution is -0.137. The average molecular weight is 281 g/mol. The number of hydrogen-bond acceptors (Lipinski definition) is 2. The second-order valence-corrected chi connectivity index (χ2v) is 4.44. The minimum atomic E-state index is -4.34. The van der Waals surface area contributed by atoms with E-state index in [0.29, 0.717) is 23.4 Å². The molecule has 2 nitrogen and oxygen atoms in total. The van der Waals surface area contributed by atoms with E-state index in [1.165, 1.54) is 13.2 Å². The number of methoxy groups -OCH3 is 1. The Balaban J connectivity index is 2.30. The van der Waals surface area contributed by atoms with Gasteiger partial charge in [-0.3, -0.25) is 0 Å². The molecule has 0 aliphatic carbocycles. The van der Waals surface area contributed by atoms with Gasteiger partial charge in [0.2, 0.25) is 0 Å². The first-order valence-electron chi connectivity index (χ1n) is 5.98. The smallest absolute Gasteiger partial charge is 0.416 e. The minimum absolute atomic E-state index is 0.326. The molecule has 2 aromatic rings. The number of halogens is 3. The Labute approximate surface area is 115 Å². The third-order valence-corrected chi connectivity index (χ3v) is 3.00. The summed E-state index contributed by atoms with van der Waals surface area (Å²) in [6, 6.07) is 10.4. The molecule has 0 bridgehead atoms. The monoisotopic (exact) mass is 281 g/mol. The zero-order chi connectivity index (χ0) is 14.8. The summed E-state index contributed by atoms with van der Waals surface area (Å²) in [5.74, 6) is 0.626. The number of rotatable bonds is 3. The Bertz CT molecular complexity index is 608. The molecule has 2 N–H and O–H groups in total. The summed E-state index contributed by atoms with van der Waals surface area (Å²) in [6.45, 7) is 0. The molecule has 2 aromatic carbocycles. The first-order chi connectivity index (χ1) is 9.40. The molecule has 0 aliphatic heterocycles. The van der Waals surface area contributed by atoms with Gasteiger partial charge in [0.15, 0.2) is 0 Å². The number of benzene rings is 2. The fourth-order valence-corrected chi connectivity index (χ4v) is 1.94. The highest BCUT2D eigenvalue weighted by Crippen LogP contribution is 2.30. The summed E-state index contributed by atoms with van der Waals surface area (Å²) in [5, 5.41) is 0. The Hall–Kier alpha value is -2.17. The van der Waals surface area contributed by atoms with Crippen molar-refractivity contribution in [3.8, 4) is 5.75 Å². The molecule has 0 unspecified atom stereocenters. The van der Waals surface area contributed by atoms with Crippen molar-refractivity contribution in [2.75, 3.05) is 12.8 Å². The van der Waals surface area contributed by atoms with Crippen LogP contribution in [0.1, 0.15) is 16.7 Å². The predicted octanol–water partition coefficient (Wildman–Crippen LogP) is 3.89. The van der Waals surface area contributed by atoms with Crippen LogP contribution in [0.15, 0.2) is 42.5 Å². The van der Waals surface area contributed by atoms with Crippen LogP contribution < -0.4 is 10.5 Å². The van der Waals surface area contributed by atoms with Gasteiger partial charge in [-0.05, 0) is 41.8 Å². The van der Waals surface area contributed by atoms with Crippen LogP contribution in [-0.4, -0.2) is 7.11 Å². The summed E-state index contributed by atoms with van der Waals surface area (Å²) in [5.41, 5.74) is 7.01. The molecule has 20 heavy (non-hydrogen) atoms. The number of alkyl halides is 3. The zero-order valence-corrected chi connectivity index (χ0v) is 10.9. The highest BCUT2D eigenvalue weighted by molar-refractivity contribution is 5.52. The molecule has 106 valence electrons. The maximum Gasteiger partial charge on any atom is 0.416 e. The van der Waals surface area contributed by atoms with Crippen molar-refractivity contribution in [2.45, 2.75) is 12.6 Å². The molecule has 2 rings (SSSR count). The molecule has 0 aliphatic rings. The van der Waals surface area contributed by atoms with E-state index in [1.54, 1.807) is 24.3 Å². The van der Waals surface area contributed by atoms with Crippen LogP contribution >= 0.6 is 0 Å². The van der Waals surface area contributed by atoms with Crippen LogP contribution in [0.3, 0.4) is 0 Å². The van der Waals surface area contributed by atoms with E-state index in [1.807, 2.05) is 0 Å². The van der Waals surface area contributed by atoms with Gasteiger partial charge in [-0.15, -0.1) is 0 Å². The van der Waals surface area contributed by atoms with Crippen molar-refractivity contribution >= 4 is 5.69 Å². The van der Waals surface area contributed by atoms with Crippen LogP contribution in [0.25, 0.3) is 0 Å². The summed E-state index contributed by atoms with van der Waals surface area (Å²) >= 11 is 0. The molecular weight excluding hydrogens is 267 g/mol. The third-order valence-electron chi connectivity index (χ3n) is 3.00. The topological polar surface area (TPSA) is 35.2 Å². The molecule has 0 amide bonds. The van der Waals surface area contributed by atoms with Gasteiger partial charge in [0.1, 0.15) is 5.75 Å². The Morgan fingerprint density at radius 2 is 1.85 bits per heavy atom. The second kappa shape index (κ2) is 5.45. The van der Waals surface area contributed by atoms with Crippen LogP contribution in [-0.2, 0) is 12.6 Å². The molecule has 0 atom stereocenters. The SMILES string of the molecule is COc1ccc(N)c(Cc2cccc(C(F)(F)F)c2)c1. The van der Waals surface area contributed by atoms with E-state index < -0.39 is 11.7 Å². The highest BCUT2D eigenvalue weighted by Gasteiger charge is 2.30. The van der Waals surface area contributed by atoms with Gasteiger partial charge in [-0.1, -0.05) is 18.2 Å². The van der Waals surface area contributed by atoms with Crippen molar-refractivity contribution in [3.05, 3.63) is 59.2 Å². The van der Waals surface area contributed by atoms with E-state index >= 15 is 0 Å². The number of nitrogen functional groups attached to an aromatic ring is 1. The lowest BCUT2D eigenvalue weighted by Crippen LogP contribution is -2.05. The molecule has 5 heteroatoms. The lowest BCUT2D eigenvalue weighted by atomic mass is 10.0. The quantitative estimate of drug-likeness (QED) is 0.866. The molecular formula is C15H14F3NO. The lowest BCUT2D eigenvalue weighted by Gasteiger charge is -2.11. The molecule has 0 saturated carbocycles. The second-order valence-electron chi connectivity index (χ2n) is 4.44. The Morgan fingerprint density at radius 3 is 2.50 bits per heavy atom. The van der Waals surface area contributed by atoms with Crippen LogP contribution in [0.2, 0.25) is 0 Å². The fraction of sp³-hybridized carbons (Fsp3) is 0.200. The van der Waals surface area contributed by atoms with Crippen molar-refractivity contribution < 1.29 is 17.9 Å². The van der Waals surface area contributed by atoms with E-state index in [0.717, 1.165) is 17.7 Å². The maximum atomic E-state index is 12.7. The van der Waals surface area contributed by atoms with Crippen LogP contribution in [0.4, 0.5) is 18.9 Å². The number of nitrogens with two attached hydrogens (primary N) is 1. The number of ether oxygens (including phenoxy) is 1. The maximum absolute atomic E-state index is 12.7. The predicted molar refractivity (Wildman–Crippen MR) is 71.7 cm³/mol. The first-order valence-corrected chi connectivity index (χ1v) is 5.98.